The first-order chi connectivity index (χ1) is 8.11. The van der Waals surface area contributed by atoms with Gasteiger partial charge < -0.3 is 10.2 Å². The van der Waals surface area contributed by atoms with E-state index in [9.17, 15) is 0 Å². The van der Waals surface area contributed by atoms with Crippen LogP contribution in [0.5, 0.6) is 0 Å². The molecule has 0 aromatic rings. The summed E-state index contributed by atoms with van der Waals surface area (Å²) >= 11 is 0. The van der Waals surface area contributed by atoms with E-state index >= 15 is 0 Å². The van der Waals surface area contributed by atoms with Crippen LogP contribution >= 0.6 is 0 Å². The van der Waals surface area contributed by atoms with Gasteiger partial charge in [0.1, 0.15) is 0 Å². The van der Waals surface area contributed by atoms with Crippen LogP contribution in [0.1, 0.15) is 58.8 Å². The lowest BCUT2D eigenvalue weighted by molar-refractivity contribution is 0.213. The average molecular weight is 240 g/mol. The Morgan fingerprint density at radius 1 is 1.00 bits per heavy atom. The second kappa shape index (κ2) is 8.10. The molecule has 2 heteroatoms. The van der Waals surface area contributed by atoms with Crippen LogP contribution in [0.15, 0.2) is 0 Å². The van der Waals surface area contributed by atoms with Crippen molar-refractivity contribution in [3.63, 3.8) is 0 Å². The third-order valence-electron chi connectivity index (χ3n) is 4.15. The minimum absolute atomic E-state index is 0.667. The van der Waals surface area contributed by atoms with Crippen molar-refractivity contribution in [2.24, 2.45) is 5.92 Å². The van der Waals surface area contributed by atoms with E-state index < -0.39 is 0 Å². The second-order valence-corrected chi connectivity index (χ2v) is 6.23. The van der Waals surface area contributed by atoms with Crippen LogP contribution in [0.25, 0.3) is 0 Å². The lowest BCUT2D eigenvalue weighted by atomic mass is 9.96. The quantitative estimate of drug-likeness (QED) is 0.793. The third kappa shape index (κ3) is 5.87. The molecule has 0 amide bonds. The molecule has 2 nitrogen and oxygen atoms in total. The van der Waals surface area contributed by atoms with Gasteiger partial charge in [0.05, 0.1) is 0 Å². The minimum atomic E-state index is 0.667. The van der Waals surface area contributed by atoms with E-state index in [-0.39, 0.29) is 0 Å². The van der Waals surface area contributed by atoms with Crippen molar-refractivity contribution < 1.29 is 0 Å². The summed E-state index contributed by atoms with van der Waals surface area (Å²) in [5, 5.41) is 3.81. The van der Waals surface area contributed by atoms with Gasteiger partial charge in [-0.2, -0.15) is 0 Å². The maximum atomic E-state index is 3.81. The number of hydrogen-bond donors (Lipinski definition) is 1. The van der Waals surface area contributed by atoms with Gasteiger partial charge in [0.2, 0.25) is 0 Å². The van der Waals surface area contributed by atoms with Crippen molar-refractivity contribution in [2.45, 2.75) is 70.9 Å². The van der Waals surface area contributed by atoms with Crippen molar-refractivity contribution >= 4 is 0 Å². The van der Waals surface area contributed by atoms with Gasteiger partial charge in [-0.15, -0.1) is 0 Å². The Labute approximate surface area is 108 Å². The summed E-state index contributed by atoms with van der Waals surface area (Å²) in [4.78, 5) is 2.36. The van der Waals surface area contributed by atoms with Crippen molar-refractivity contribution in [2.75, 3.05) is 20.6 Å². The highest BCUT2D eigenvalue weighted by atomic mass is 15.1. The smallest absolute Gasteiger partial charge is 0.0237 e. The molecule has 0 saturated heterocycles. The summed E-state index contributed by atoms with van der Waals surface area (Å²) in [7, 11) is 4.40. The van der Waals surface area contributed by atoms with Crippen LogP contribution in [0.3, 0.4) is 0 Å². The molecule has 1 aliphatic rings. The molecule has 0 heterocycles. The highest BCUT2D eigenvalue weighted by Crippen LogP contribution is 2.17. The van der Waals surface area contributed by atoms with Gasteiger partial charge in [-0.1, -0.05) is 46.0 Å². The van der Waals surface area contributed by atoms with E-state index in [1.54, 1.807) is 0 Å². The van der Waals surface area contributed by atoms with E-state index in [1.165, 1.54) is 44.9 Å². The van der Waals surface area contributed by atoms with Gasteiger partial charge in [-0.3, -0.25) is 0 Å². The fourth-order valence-electron chi connectivity index (χ4n) is 2.96. The normalized spacial score (nSPS) is 21.5. The highest BCUT2D eigenvalue weighted by Gasteiger charge is 2.18. The molecule has 0 bridgehead atoms. The van der Waals surface area contributed by atoms with E-state index in [1.807, 2.05) is 0 Å². The van der Waals surface area contributed by atoms with E-state index in [0.717, 1.165) is 18.5 Å². The number of nitrogens with zero attached hydrogens (tertiary/aromatic N) is 1. The van der Waals surface area contributed by atoms with E-state index in [0.29, 0.717) is 6.04 Å². The summed E-state index contributed by atoms with van der Waals surface area (Å²) in [6, 6.07) is 1.44. The van der Waals surface area contributed by atoms with Gasteiger partial charge in [0, 0.05) is 18.6 Å². The molecule has 1 unspecified atom stereocenters. The Hall–Kier alpha value is -0.0800. The standard InChI is InChI=1S/C15H32N2/c1-13(2)15(17(3)4)12-16-14-10-8-6-5-7-9-11-14/h13-16H,5-12H2,1-4H3. The van der Waals surface area contributed by atoms with Crippen LogP contribution in [0, 0.1) is 5.92 Å². The van der Waals surface area contributed by atoms with Gasteiger partial charge in [0.15, 0.2) is 0 Å². The predicted molar refractivity (Wildman–Crippen MR) is 76.4 cm³/mol. The van der Waals surface area contributed by atoms with Crippen molar-refractivity contribution in [1.82, 2.24) is 10.2 Å². The maximum Gasteiger partial charge on any atom is 0.0237 e. The first kappa shape index (κ1) is 15.0. The Balaban J connectivity index is 2.30. The van der Waals surface area contributed by atoms with E-state index in [2.05, 4.69) is 38.2 Å². The number of likely N-dealkylation sites (N-methyl/N-ethyl adjacent to an activating group) is 1. The first-order valence-electron chi connectivity index (χ1n) is 7.51. The fourth-order valence-corrected chi connectivity index (χ4v) is 2.96. The summed E-state index contributed by atoms with van der Waals surface area (Å²) in [5.41, 5.74) is 0. The van der Waals surface area contributed by atoms with Crippen LogP contribution in [-0.4, -0.2) is 37.6 Å². The Morgan fingerprint density at radius 3 is 2.00 bits per heavy atom. The van der Waals surface area contributed by atoms with E-state index in [4.69, 9.17) is 0 Å². The van der Waals surface area contributed by atoms with Crippen LogP contribution in [0.4, 0.5) is 0 Å². The molecule has 0 aliphatic heterocycles. The molecule has 0 spiro atoms. The Kier molecular flexibility index (Phi) is 7.14. The zero-order valence-electron chi connectivity index (χ0n) is 12.3. The van der Waals surface area contributed by atoms with Gasteiger partial charge in [0.25, 0.3) is 0 Å². The molecular weight excluding hydrogens is 208 g/mol. The minimum Gasteiger partial charge on any atom is -0.312 e. The van der Waals surface area contributed by atoms with Crippen molar-refractivity contribution in [3.8, 4) is 0 Å². The van der Waals surface area contributed by atoms with Gasteiger partial charge in [-0.25, -0.2) is 0 Å². The fraction of sp³-hybridized carbons (Fsp3) is 1.00. The van der Waals surface area contributed by atoms with Gasteiger partial charge >= 0.3 is 0 Å². The number of rotatable bonds is 5. The predicted octanol–water partition coefficient (Wildman–Crippen LogP) is 3.28. The van der Waals surface area contributed by atoms with Crippen LogP contribution in [0.2, 0.25) is 0 Å². The van der Waals surface area contributed by atoms with Crippen molar-refractivity contribution in [3.05, 3.63) is 0 Å². The molecule has 1 atom stereocenters. The Morgan fingerprint density at radius 2 is 1.53 bits per heavy atom. The lowest BCUT2D eigenvalue weighted by Crippen LogP contribution is -2.44. The molecule has 0 radical (unpaired) electrons. The SMILES string of the molecule is CC(C)C(CNC1CCCCCCC1)N(C)C. The zero-order chi connectivity index (χ0) is 12.7. The number of nitrogens with one attached hydrogen (secondary N) is 1. The number of hydrogen-bond acceptors (Lipinski definition) is 2. The molecule has 1 aliphatic carbocycles. The monoisotopic (exact) mass is 240 g/mol. The zero-order valence-corrected chi connectivity index (χ0v) is 12.3. The van der Waals surface area contributed by atoms with Crippen LogP contribution < -0.4 is 5.32 Å². The summed E-state index contributed by atoms with van der Waals surface area (Å²) < 4.78 is 0. The Bertz CT molecular complexity index is 173. The van der Waals surface area contributed by atoms with Crippen molar-refractivity contribution in [1.29, 1.82) is 0 Å². The molecular formula is C15H32N2. The average Bonchev–Trinajstić information content (AvgIpc) is 2.19. The summed E-state index contributed by atoms with van der Waals surface area (Å²) in [6.07, 6.45) is 9.96. The third-order valence-corrected chi connectivity index (χ3v) is 4.15. The molecule has 0 aromatic carbocycles. The molecule has 1 N–H and O–H groups in total. The summed E-state index contributed by atoms with van der Waals surface area (Å²) in [5.74, 6) is 0.728. The highest BCUT2D eigenvalue weighted by molar-refractivity contribution is 4.77. The van der Waals surface area contributed by atoms with Crippen LogP contribution in [-0.2, 0) is 0 Å². The molecule has 1 fully saturated rings. The largest absolute Gasteiger partial charge is 0.312 e. The summed E-state index contributed by atoms with van der Waals surface area (Å²) in [6.45, 7) is 5.80. The molecule has 1 rings (SSSR count). The lowest BCUT2D eigenvalue weighted by Gasteiger charge is -2.31. The molecule has 1 saturated carbocycles. The molecule has 0 aromatic heterocycles. The maximum absolute atomic E-state index is 3.81. The molecule has 17 heavy (non-hydrogen) atoms. The first-order valence-corrected chi connectivity index (χ1v) is 7.51. The second-order valence-electron chi connectivity index (χ2n) is 6.23. The topological polar surface area (TPSA) is 15.3 Å². The van der Waals surface area contributed by atoms with Gasteiger partial charge in [-0.05, 0) is 32.9 Å². The molecule has 102 valence electrons.